The van der Waals surface area contributed by atoms with Gasteiger partial charge in [0, 0.05) is 16.8 Å². The molecule has 3 heterocycles. The smallest absolute Gasteiger partial charge is 0.307 e. The van der Waals surface area contributed by atoms with Crippen LogP contribution in [0.25, 0.3) is 59.8 Å². The number of nitrogens with zero attached hydrogens (tertiary/aromatic N) is 2. The first-order chi connectivity index (χ1) is 21.3. The van der Waals surface area contributed by atoms with E-state index < -0.39 is 11.6 Å². The molecule has 0 unspecified atom stereocenters. The fourth-order valence-corrected chi connectivity index (χ4v) is 7.91. The van der Waals surface area contributed by atoms with Crippen LogP contribution in [-0.2, 0) is 25.3 Å². The Kier molecular flexibility index (Phi) is 6.42. The van der Waals surface area contributed by atoms with E-state index in [1.54, 1.807) is 0 Å². The zero-order valence-electron chi connectivity index (χ0n) is 28.7. The quantitative estimate of drug-likeness (QED) is 0.105. The summed E-state index contributed by atoms with van der Waals surface area (Å²) < 4.78 is 49.1. The highest BCUT2D eigenvalue weighted by atomic mass is 19.4. The molecule has 0 radical (unpaired) electrons. The Balaban J connectivity index is 1.83. The molecule has 3 aromatic heterocycles. The van der Waals surface area contributed by atoms with Gasteiger partial charge in [0.25, 0.3) is 0 Å². The van der Waals surface area contributed by atoms with Gasteiger partial charge in [0.2, 0.25) is 5.52 Å². The van der Waals surface area contributed by atoms with Crippen LogP contribution in [0.1, 0.15) is 77.6 Å². The molecule has 0 fully saturated rings. The fraction of sp³-hybridized carbons (Fsp3) is 0.390. The maximum absolute atomic E-state index is 14.9. The lowest BCUT2D eigenvalue weighted by molar-refractivity contribution is -0.643. The summed E-state index contributed by atoms with van der Waals surface area (Å²) in [6.45, 7) is 18.5. The molecule has 4 aromatic carbocycles. The van der Waals surface area contributed by atoms with E-state index in [1.165, 1.54) is 46.7 Å². The van der Waals surface area contributed by atoms with E-state index in [0.717, 1.165) is 51.1 Å². The molecule has 2 nitrogen and oxygen atoms in total. The van der Waals surface area contributed by atoms with Gasteiger partial charge in [-0.05, 0) is 95.0 Å². The molecule has 46 heavy (non-hydrogen) atoms. The maximum Gasteiger partial charge on any atom is 0.397 e. The number of para-hydroxylation sites is 1. The summed E-state index contributed by atoms with van der Waals surface area (Å²) in [5, 5.41) is 7.05. The number of rotatable bonds is 3. The number of halogens is 3. The van der Waals surface area contributed by atoms with Gasteiger partial charge in [-0.1, -0.05) is 77.9 Å². The second kappa shape index (κ2) is 9.59. The Morgan fingerprint density at radius 1 is 0.696 bits per heavy atom. The van der Waals surface area contributed by atoms with E-state index in [-0.39, 0.29) is 10.8 Å². The number of hydrogen-bond donors (Lipinski definition) is 0. The third-order valence-electron chi connectivity index (χ3n) is 10.0. The average Bonchev–Trinajstić information content (AvgIpc) is 3.28. The molecule has 0 saturated carbocycles. The molecule has 0 N–H and O–H groups in total. The third kappa shape index (κ3) is 4.41. The van der Waals surface area contributed by atoms with E-state index >= 15 is 0 Å². The summed E-state index contributed by atoms with van der Waals surface area (Å²) in [4.78, 5) is 0. The van der Waals surface area contributed by atoms with Gasteiger partial charge in [-0.2, -0.15) is 13.2 Å². The standard InChI is InChI=1S/C41H44F3N2/c1-23-28-19-24(21-38(2,3)4)15-16-26(28)29(22-39(5,6)7)35-32(23)36-33-25(17-18-45(36)10)20-30(40(8,9)41(42,43)44)34-27-13-11-12-14-31(27)46(35)37(33)34/h11-20H,21-22H2,1-10H3/q+1. The lowest BCUT2D eigenvalue weighted by Crippen LogP contribution is -2.36. The molecule has 7 rings (SSSR count). The summed E-state index contributed by atoms with van der Waals surface area (Å²) in [6.07, 6.45) is -0.614. The molecular weight excluding hydrogens is 577 g/mol. The van der Waals surface area contributed by atoms with E-state index in [4.69, 9.17) is 0 Å². The summed E-state index contributed by atoms with van der Waals surface area (Å²) in [5.74, 6) is 0. The second-order valence-corrected chi connectivity index (χ2v) is 16.5. The van der Waals surface area contributed by atoms with Crippen molar-refractivity contribution < 1.29 is 17.7 Å². The number of aryl methyl sites for hydroxylation is 2. The van der Waals surface area contributed by atoms with Crippen LogP contribution >= 0.6 is 0 Å². The van der Waals surface area contributed by atoms with Gasteiger partial charge in [0.1, 0.15) is 7.05 Å². The second-order valence-electron chi connectivity index (χ2n) is 16.5. The minimum atomic E-state index is -4.42. The summed E-state index contributed by atoms with van der Waals surface area (Å²) in [6, 6.07) is 18.8. The molecule has 0 aliphatic rings. The van der Waals surface area contributed by atoms with Gasteiger partial charge in [-0.3, -0.25) is 0 Å². The van der Waals surface area contributed by atoms with E-state index in [2.05, 4.69) is 88.7 Å². The minimum absolute atomic E-state index is 0.0310. The molecule has 0 atom stereocenters. The Bertz CT molecular complexity index is 2360. The number of benzene rings is 4. The van der Waals surface area contributed by atoms with Gasteiger partial charge in [-0.25, -0.2) is 4.57 Å². The van der Waals surface area contributed by atoms with Crippen molar-refractivity contribution in [1.82, 2.24) is 4.40 Å². The molecule has 238 valence electrons. The largest absolute Gasteiger partial charge is 0.397 e. The van der Waals surface area contributed by atoms with Crippen LogP contribution < -0.4 is 4.57 Å². The van der Waals surface area contributed by atoms with Crippen LogP contribution in [-0.4, -0.2) is 10.6 Å². The van der Waals surface area contributed by atoms with Gasteiger partial charge < -0.3 is 4.40 Å². The molecule has 0 spiro atoms. The zero-order chi connectivity index (χ0) is 33.3. The van der Waals surface area contributed by atoms with Gasteiger partial charge in [0.05, 0.1) is 32.7 Å². The monoisotopic (exact) mass is 621 g/mol. The Morgan fingerprint density at radius 3 is 2.02 bits per heavy atom. The summed E-state index contributed by atoms with van der Waals surface area (Å²) in [5.41, 5.74) is 6.16. The molecule has 0 amide bonds. The third-order valence-corrected chi connectivity index (χ3v) is 10.0. The van der Waals surface area contributed by atoms with Crippen molar-refractivity contribution in [1.29, 1.82) is 0 Å². The van der Waals surface area contributed by atoms with Crippen LogP contribution in [0.4, 0.5) is 13.2 Å². The molecular formula is C41H44F3N2+. The van der Waals surface area contributed by atoms with Crippen LogP contribution in [0.2, 0.25) is 0 Å². The topological polar surface area (TPSA) is 8.29 Å². The van der Waals surface area contributed by atoms with E-state index in [0.29, 0.717) is 10.9 Å². The SMILES string of the molecule is Cc1c2cc(CC(C)(C)C)ccc2c(CC(C)(C)C)c2c1c1c3c(cc[n+]1C)cc(C(C)(C)C(F)(F)F)c1c4ccccc4n2c13. The number of alkyl halides is 3. The van der Waals surface area contributed by atoms with Crippen molar-refractivity contribution in [2.75, 3.05) is 0 Å². The summed E-state index contributed by atoms with van der Waals surface area (Å²) >= 11 is 0. The number of hydrogen-bond acceptors (Lipinski definition) is 0. The van der Waals surface area contributed by atoms with Crippen molar-refractivity contribution >= 4 is 59.8 Å². The normalized spacial score (nSPS) is 13.9. The van der Waals surface area contributed by atoms with E-state index in [9.17, 15) is 13.2 Å². The fourth-order valence-electron chi connectivity index (χ4n) is 7.91. The molecule has 0 bridgehead atoms. The molecule has 5 heteroatoms. The van der Waals surface area contributed by atoms with Crippen molar-refractivity contribution in [3.63, 3.8) is 0 Å². The number of aromatic nitrogens is 2. The lowest BCUT2D eigenvalue weighted by atomic mass is 9.79. The number of fused-ring (bicyclic) bond motifs is 7. The Morgan fingerprint density at radius 2 is 1.37 bits per heavy atom. The van der Waals surface area contributed by atoms with E-state index in [1.807, 2.05) is 36.5 Å². The Hall–Kier alpha value is -3.86. The first-order valence-electron chi connectivity index (χ1n) is 16.3. The van der Waals surface area contributed by atoms with Gasteiger partial charge in [0.15, 0.2) is 6.20 Å². The van der Waals surface area contributed by atoms with Gasteiger partial charge >= 0.3 is 6.18 Å². The zero-order valence-corrected chi connectivity index (χ0v) is 28.7. The van der Waals surface area contributed by atoms with Crippen LogP contribution in [0.5, 0.6) is 0 Å². The predicted molar refractivity (Wildman–Crippen MR) is 187 cm³/mol. The highest BCUT2D eigenvalue weighted by molar-refractivity contribution is 6.29. The first-order valence-corrected chi connectivity index (χ1v) is 16.3. The predicted octanol–water partition coefficient (Wildman–Crippen LogP) is 11.3. The molecule has 0 saturated heterocycles. The lowest BCUT2D eigenvalue weighted by Gasteiger charge is -2.30. The minimum Gasteiger partial charge on any atom is -0.307 e. The van der Waals surface area contributed by atoms with Crippen molar-refractivity contribution in [3.05, 3.63) is 83.0 Å². The van der Waals surface area contributed by atoms with Crippen LogP contribution in [0, 0.1) is 17.8 Å². The van der Waals surface area contributed by atoms with Crippen LogP contribution in [0.3, 0.4) is 0 Å². The highest BCUT2D eigenvalue weighted by Crippen LogP contribution is 2.51. The van der Waals surface area contributed by atoms with Gasteiger partial charge in [-0.15, -0.1) is 0 Å². The average molecular weight is 622 g/mol. The van der Waals surface area contributed by atoms with Crippen molar-refractivity contribution in [2.24, 2.45) is 17.9 Å². The first kappa shape index (κ1) is 30.8. The molecule has 0 aliphatic heterocycles. The highest BCUT2D eigenvalue weighted by Gasteiger charge is 2.50. The summed E-state index contributed by atoms with van der Waals surface area (Å²) in [7, 11) is 2.07. The molecule has 0 aliphatic carbocycles. The Labute approximate surface area is 269 Å². The molecule has 7 aromatic rings. The van der Waals surface area contributed by atoms with Crippen molar-refractivity contribution in [3.8, 4) is 0 Å². The maximum atomic E-state index is 14.9. The van der Waals surface area contributed by atoms with Crippen LogP contribution in [0.15, 0.2) is 60.8 Å². The number of pyridine rings is 2. The van der Waals surface area contributed by atoms with Crippen molar-refractivity contribution in [2.45, 2.75) is 86.7 Å².